The van der Waals surface area contributed by atoms with Crippen LogP contribution >= 0.6 is 11.6 Å². The van der Waals surface area contributed by atoms with Crippen LogP contribution in [0.5, 0.6) is 0 Å². The quantitative estimate of drug-likeness (QED) is 0.0199. The standard InChI is InChI=1S/C86H107ClN14O16/c1-49(2)35-67(73(104)42-60(16-9-10-33-91-50(3)4)84(115)101-34-12-17-72(101)83(114)92-51(5)78(88)109)96-79(110)62(37-54-21-30-66(31-22-54)95-85(89)116)44-75(106)69(39-55-23-28-65(29-24-55)94-82(113)71-46-77(108)100-86(117)99-71)98-81(112)63(48-102)45-76(107)70(41-57-13-11-32-90-47-57)97-80(111)61(36-53-19-26-64(87)27-20-53)43-74(105)68(93-52(6)103)40-56-18-25-58-14-7-8-15-59(58)38-56/h7-8,11,13-15,18-32,38,47,49-51,60-63,67-72,91,102H,9-10,12,16-17,33-37,39-46,48H2,1-6H3,(H2,88,109)(H,92,114)(H,93,103)(H,94,113)(H,96,110)(H,97,111)(H,98,112)(H3,89,95,116)(H2,99,100,108,117)/t51-,60-,61+,62+,63+,67+,68-,69+,70-,71+,72+/m1/s1. The molecule has 117 heavy (non-hydrogen) atoms. The number of nitrogens with two attached hydrogens (primary N) is 2. The van der Waals surface area contributed by atoms with Gasteiger partial charge in [-0.05, 0) is 158 Å². The Morgan fingerprint density at radius 1 is 0.564 bits per heavy atom. The number of rotatable bonds is 45. The average Bonchev–Trinajstić information content (AvgIpc) is 1.81. The highest BCUT2D eigenvalue weighted by molar-refractivity contribution is 6.30. The number of urea groups is 2. The van der Waals surface area contributed by atoms with Gasteiger partial charge in [0, 0.05) is 98.2 Å². The predicted octanol–water partition coefficient (Wildman–Crippen LogP) is 5.88. The second-order valence-corrected chi connectivity index (χ2v) is 31.4. The van der Waals surface area contributed by atoms with Crippen molar-refractivity contribution in [3.05, 3.63) is 173 Å². The Morgan fingerprint density at radius 2 is 1.09 bits per heavy atom. The minimum atomic E-state index is -1.62. The van der Waals surface area contributed by atoms with E-state index < -0.39 is 180 Å². The first-order chi connectivity index (χ1) is 55.8. The molecule has 1 aromatic heterocycles. The number of amides is 13. The number of anilines is 2. The molecule has 0 spiro atoms. The molecule has 15 N–H and O–H groups in total. The molecule has 0 radical (unpaired) electrons. The van der Waals surface area contributed by atoms with Crippen LogP contribution in [-0.4, -0.2) is 171 Å². The number of unbranched alkanes of at least 4 members (excludes halogenated alkanes) is 1. The Kier molecular flexibility index (Phi) is 34.5. The van der Waals surface area contributed by atoms with Crippen molar-refractivity contribution >= 4 is 122 Å². The number of pyridine rings is 1. The van der Waals surface area contributed by atoms with Gasteiger partial charge in [-0.3, -0.25) is 72.6 Å². The van der Waals surface area contributed by atoms with Crippen LogP contribution in [0, 0.1) is 29.6 Å². The number of ketones is 4. The van der Waals surface area contributed by atoms with Crippen molar-refractivity contribution in [2.45, 2.75) is 193 Å². The molecule has 2 aliphatic heterocycles. The monoisotopic (exact) mass is 1630 g/mol. The van der Waals surface area contributed by atoms with Gasteiger partial charge in [0.2, 0.25) is 53.2 Å². The number of hydrogen-bond donors (Lipinski definition) is 13. The molecule has 3 heterocycles. The third-order valence-electron chi connectivity index (χ3n) is 20.7. The molecule has 2 aliphatic rings. The van der Waals surface area contributed by atoms with E-state index in [-0.39, 0.29) is 82.0 Å². The van der Waals surface area contributed by atoms with Crippen molar-refractivity contribution in [3.8, 4) is 0 Å². The molecule has 2 fully saturated rings. The van der Waals surface area contributed by atoms with Gasteiger partial charge in [-0.25, -0.2) is 9.59 Å². The van der Waals surface area contributed by atoms with Crippen LogP contribution in [-0.2, 0) is 94.4 Å². The number of fused-ring (bicyclic) bond motifs is 1. The number of hydrogen-bond acceptors (Lipinski definition) is 18. The molecular formula is C86H107ClN14O16. The second kappa shape index (κ2) is 44.5. The number of imide groups is 1. The van der Waals surface area contributed by atoms with Gasteiger partial charge in [0.1, 0.15) is 18.1 Å². The lowest BCUT2D eigenvalue weighted by Crippen LogP contribution is -2.56. The molecule has 624 valence electrons. The maximum Gasteiger partial charge on any atom is 0.322 e. The number of aromatic nitrogens is 1. The van der Waals surface area contributed by atoms with Crippen LogP contribution in [0.4, 0.5) is 21.0 Å². The van der Waals surface area contributed by atoms with Crippen LogP contribution in [0.25, 0.3) is 10.8 Å². The molecule has 2 saturated heterocycles. The molecule has 31 heteroatoms. The van der Waals surface area contributed by atoms with Crippen LogP contribution in [0.15, 0.2) is 140 Å². The Hall–Kier alpha value is -11.6. The number of likely N-dealkylation sites (tertiary alicyclic amines) is 1. The summed E-state index contributed by atoms with van der Waals surface area (Å²) in [6.45, 7) is 10.2. The van der Waals surface area contributed by atoms with Gasteiger partial charge >= 0.3 is 12.1 Å². The van der Waals surface area contributed by atoms with Gasteiger partial charge in [-0.2, -0.15) is 0 Å². The van der Waals surface area contributed by atoms with Gasteiger partial charge in [0.05, 0.1) is 43.1 Å². The number of carbonyl (C=O) groups excluding carboxylic acids is 15. The average molecular weight is 1630 g/mol. The van der Waals surface area contributed by atoms with E-state index in [1.54, 1.807) is 48.5 Å². The van der Waals surface area contributed by atoms with E-state index in [0.717, 1.165) is 16.3 Å². The van der Waals surface area contributed by atoms with Gasteiger partial charge in [-0.1, -0.05) is 131 Å². The molecule has 5 aromatic carbocycles. The maximum atomic E-state index is 15.6. The summed E-state index contributed by atoms with van der Waals surface area (Å²) in [5.41, 5.74) is 14.0. The summed E-state index contributed by atoms with van der Waals surface area (Å²) in [4.78, 5) is 215. The van der Waals surface area contributed by atoms with E-state index >= 15 is 28.8 Å². The smallest absolute Gasteiger partial charge is 0.322 e. The van der Waals surface area contributed by atoms with Gasteiger partial charge < -0.3 is 69.3 Å². The maximum absolute atomic E-state index is 15.6. The first-order valence-electron chi connectivity index (χ1n) is 39.6. The van der Waals surface area contributed by atoms with Crippen molar-refractivity contribution < 1.29 is 77.0 Å². The number of nitrogens with one attached hydrogen (secondary N) is 10. The van der Waals surface area contributed by atoms with Crippen LogP contribution < -0.4 is 64.6 Å². The molecular weight excluding hydrogens is 1520 g/mol. The van der Waals surface area contributed by atoms with Gasteiger partial charge in [-0.15, -0.1) is 0 Å². The normalized spacial score (nSPS) is 16.3. The first-order valence-corrected chi connectivity index (χ1v) is 40.0. The van der Waals surface area contributed by atoms with Gasteiger partial charge in [0.25, 0.3) is 0 Å². The Bertz CT molecular complexity index is 4510. The van der Waals surface area contributed by atoms with Crippen molar-refractivity contribution in [1.82, 2.24) is 52.4 Å². The topological polar surface area (TPSA) is 465 Å². The number of halogens is 1. The molecule has 8 rings (SSSR count). The van der Waals surface area contributed by atoms with E-state index in [2.05, 4.69) is 58.2 Å². The Balaban J connectivity index is 1.10. The Labute approximate surface area is 684 Å². The highest BCUT2D eigenvalue weighted by atomic mass is 35.5. The summed E-state index contributed by atoms with van der Waals surface area (Å²) in [7, 11) is 0. The molecule has 6 aromatic rings. The minimum absolute atomic E-state index is 0.0365. The molecule has 30 nitrogen and oxygen atoms in total. The lowest BCUT2D eigenvalue weighted by Gasteiger charge is -2.30. The third kappa shape index (κ3) is 29.0. The van der Waals surface area contributed by atoms with E-state index in [9.17, 15) is 48.3 Å². The summed E-state index contributed by atoms with van der Waals surface area (Å²) in [6.07, 6.45) is 2.00. The molecule has 11 atom stereocenters. The molecule has 0 bridgehead atoms. The number of primary amides is 2. The highest BCUT2D eigenvalue weighted by Gasteiger charge is 2.41. The van der Waals surface area contributed by atoms with E-state index in [1.807, 2.05) is 70.2 Å². The number of aliphatic hydroxyl groups is 1. The fourth-order valence-corrected chi connectivity index (χ4v) is 14.5. The van der Waals surface area contributed by atoms with Crippen molar-refractivity contribution in [3.63, 3.8) is 0 Å². The summed E-state index contributed by atoms with van der Waals surface area (Å²) in [5.74, 6) is -14.1. The van der Waals surface area contributed by atoms with E-state index in [4.69, 9.17) is 23.1 Å². The van der Waals surface area contributed by atoms with Crippen LogP contribution in [0.3, 0.4) is 0 Å². The van der Waals surface area contributed by atoms with Crippen molar-refractivity contribution in [1.29, 1.82) is 0 Å². The van der Waals surface area contributed by atoms with Crippen molar-refractivity contribution in [2.24, 2.45) is 41.1 Å². The summed E-state index contributed by atoms with van der Waals surface area (Å²) >= 11 is 6.30. The number of carbonyl (C=O) groups is 15. The summed E-state index contributed by atoms with van der Waals surface area (Å²) < 4.78 is 0. The fraction of sp³-hybridized carbons (Fsp3) is 0.442. The summed E-state index contributed by atoms with van der Waals surface area (Å²) in [5, 5.41) is 40.3. The minimum Gasteiger partial charge on any atom is -0.396 e. The largest absolute Gasteiger partial charge is 0.396 e. The lowest BCUT2D eigenvalue weighted by molar-refractivity contribution is -0.144. The number of benzene rings is 5. The lowest BCUT2D eigenvalue weighted by atomic mass is 9.87. The first kappa shape index (κ1) is 90.9. The second-order valence-electron chi connectivity index (χ2n) is 31.0. The number of Topliss-reactive ketones (excluding diaryl/α,β-unsaturated/α-hetero) is 4. The third-order valence-corrected chi connectivity index (χ3v) is 20.9. The Morgan fingerprint density at radius 3 is 1.64 bits per heavy atom. The zero-order valence-corrected chi connectivity index (χ0v) is 67.5. The molecule has 0 unspecified atom stereocenters. The van der Waals surface area contributed by atoms with Gasteiger partial charge in [0.15, 0.2) is 23.1 Å². The van der Waals surface area contributed by atoms with Crippen LogP contribution in [0.2, 0.25) is 5.02 Å². The van der Waals surface area contributed by atoms with Crippen molar-refractivity contribution in [2.75, 3.05) is 30.3 Å². The van der Waals surface area contributed by atoms with E-state index in [1.165, 1.54) is 67.5 Å². The zero-order valence-electron chi connectivity index (χ0n) is 66.7. The SMILES string of the molecule is CC(=O)N[C@H](Cc1ccc2ccccc2c1)C(=O)C[C@H](Cc1ccc(Cl)cc1)C(=O)N[C@H](Cc1cccnc1)C(=O)C[C@@H](CO)C(=O)N[C@@H](Cc1ccc(NC(=O)[C@@H]2CC(=O)NC(=O)N2)cc1)C(=O)C[C@H](Cc1ccc(NC(N)=O)cc1)C(=O)N[C@@H](CC(C)C)C(=O)C[C@@H](CCCCNC(C)C)C(=O)N1CCC[C@H]1C(=O)N[C@H](C)C(N)=O. The summed E-state index contributed by atoms with van der Waals surface area (Å²) in [6, 6.07) is 25.3. The number of aliphatic hydroxyl groups excluding tert-OH is 1. The zero-order chi connectivity index (χ0) is 85.0. The predicted molar refractivity (Wildman–Crippen MR) is 439 cm³/mol. The fourth-order valence-electron chi connectivity index (χ4n) is 14.4. The molecule has 0 aliphatic carbocycles. The highest BCUT2D eigenvalue weighted by Crippen LogP contribution is 2.29. The molecule has 0 saturated carbocycles. The number of nitrogens with zero attached hydrogens (tertiary/aromatic N) is 2. The molecule has 13 amide bonds. The van der Waals surface area contributed by atoms with E-state index in [0.29, 0.717) is 65.2 Å². The van der Waals surface area contributed by atoms with Crippen LogP contribution in [0.1, 0.15) is 140 Å².